The van der Waals surface area contributed by atoms with Crippen molar-refractivity contribution in [3.8, 4) is 0 Å². The molecule has 92 valence electrons. The van der Waals surface area contributed by atoms with E-state index in [1.165, 1.54) is 5.32 Å². The van der Waals surface area contributed by atoms with Crippen molar-refractivity contribution in [2.24, 2.45) is 0 Å². The summed E-state index contributed by atoms with van der Waals surface area (Å²) >= 11 is 0. The zero-order valence-electron chi connectivity index (χ0n) is 7.88. The number of alkyl halides is 3. The van der Waals surface area contributed by atoms with E-state index in [0.717, 1.165) is 0 Å². The number of aromatic carboxylic acids is 1. The Balaban J connectivity index is 3.09. The van der Waals surface area contributed by atoms with E-state index in [0.29, 0.717) is 12.3 Å². The Morgan fingerprint density at radius 3 is 2.41 bits per heavy atom. The van der Waals surface area contributed by atoms with E-state index in [4.69, 9.17) is 5.11 Å². The maximum absolute atomic E-state index is 12.6. The van der Waals surface area contributed by atoms with Gasteiger partial charge < -0.3 is 10.4 Å². The van der Waals surface area contributed by atoms with Crippen molar-refractivity contribution in [1.82, 2.24) is 4.98 Å². The van der Waals surface area contributed by atoms with Crippen LogP contribution in [-0.4, -0.2) is 28.1 Å². The van der Waals surface area contributed by atoms with E-state index in [9.17, 15) is 27.2 Å². The van der Waals surface area contributed by atoms with Crippen LogP contribution < -0.4 is 5.32 Å². The van der Waals surface area contributed by atoms with Crippen LogP contribution >= 0.6 is 0 Å². The van der Waals surface area contributed by atoms with Crippen LogP contribution in [0, 0.1) is 5.95 Å². The molecule has 0 aromatic carbocycles. The highest BCUT2D eigenvalue weighted by molar-refractivity contribution is 6.01. The lowest BCUT2D eigenvalue weighted by atomic mass is 10.2. The molecule has 0 fully saturated rings. The molecule has 0 aliphatic carbocycles. The van der Waals surface area contributed by atoms with Gasteiger partial charge in [0.1, 0.15) is 5.56 Å². The first-order valence-electron chi connectivity index (χ1n) is 3.99. The highest BCUT2D eigenvalue weighted by atomic mass is 19.4. The number of rotatable bonds is 2. The van der Waals surface area contributed by atoms with Gasteiger partial charge in [0.25, 0.3) is 0 Å². The van der Waals surface area contributed by atoms with Gasteiger partial charge in [-0.15, -0.1) is 0 Å². The number of hydrogen-bond acceptors (Lipinski definition) is 3. The second-order valence-corrected chi connectivity index (χ2v) is 2.81. The molecule has 1 amide bonds. The summed E-state index contributed by atoms with van der Waals surface area (Å²) in [5, 5.41) is 9.83. The van der Waals surface area contributed by atoms with Crippen LogP contribution in [-0.2, 0) is 4.79 Å². The minimum Gasteiger partial charge on any atom is -0.478 e. The molecule has 1 aromatic rings. The smallest absolute Gasteiger partial charge is 0.471 e. The van der Waals surface area contributed by atoms with Crippen molar-refractivity contribution >= 4 is 17.6 Å². The Kier molecular flexibility index (Phi) is 3.30. The number of nitrogens with one attached hydrogen (secondary N) is 1. The Morgan fingerprint density at radius 2 is 1.94 bits per heavy atom. The molecule has 2 N–H and O–H groups in total. The molecular formula is C8H4F4N2O3. The third-order valence-electron chi connectivity index (χ3n) is 1.61. The van der Waals surface area contributed by atoms with E-state index in [-0.39, 0.29) is 0 Å². The zero-order chi connectivity index (χ0) is 13.2. The van der Waals surface area contributed by atoms with Crippen molar-refractivity contribution in [3.63, 3.8) is 0 Å². The summed E-state index contributed by atoms with van der Waals surface area (Å²) in [5.74, 6) is -5.26. The number of hydrogen-bond donors (Lipinski definition) is 2. The Morgan fingerprint density at radius 1 is 1.35 bits per heavy atom. The van der Waals surface area contributed by atoms with Gasteiger partial charge in [0.05, 0.1) is 5.69 Å². The molecule has 5 nitrogen and oxygen atoms in total. The fourth-order valence-corrected chi connectivity index (χ4v) is 0.897. The second-order valence-electron chi connectivity index (χ2n) is 2.81. The van der Waals surface area contributed by atoms with Gasteiger partial charge in [0.2, 0.25) is 5.95 Å². The number of carboxylic acids is 1. The topological polar surface area (TPSA) is 79.3 Å². The van der Waals surface area contributed by atoms with E-state index >= 15 is 0 Å². The largest absolute Gasteiger partial charge is 0.478 e. The molecule has 1 heterocycles. The van der Waals surface area contributed by atoms with Gasteiger partial charge in [0, 0.05) is 12.3 Å². The highest BCUT2D eigenvalue weighted by Crippen LogP contribution is 2.21. The lowest BCUT2D eigenvalue weighted by Gasteiger charge is -2.09. The van der Waals surface area contributed by atoms with Gasteiger partial charge in [-0.3, -0.25) is 4.79 Å². The normalized spacial score (nSPS) is 11.1. The van der Waals surface area contributed by atoms with Gasteiger partial charge in [-0.1, -0.05) is 0 Å². The number of halogens is 4. The number of pyridine rings is 1. The average molecular weight is 252 g/mol. The number of carbonyl (C=O) groups excluding carboxylic acids is 1. The fourth-order valence-electron chi connectivity index (χ4n) is 0.897. The van der Waals surface area contributed by atoms with Crippen LogP contribution in [0.1, 0.15) is 10.4 Å². The van der Waals surface area contributed by atoms with Crippen LogP contribution in [0.5, 0.6) is 0 Å². The second kappa shape index (κ2) is 4.36. The maximum Gasteiger partial charge on any atom is 0.471 e. The summed E-state index contributed by atoms with van der Waals surface area (Å²) in [6, 6.07) is 0.382. The number of nitrogens with zero attached hydrogens (tertiary/aromatic N) is 1. The lowest BCUT2D eigenvalue weighted by molar-refractivity contribution is -0.167. The van der Waals surface area contributed by atoms with Crippen molar-refractivity contribution in [1.29, 1.82) is 0 Å². The number of amides is 1. The minimum absolute atomic E-state index is 0.382. The van der Waals surface area contributed by atoms with Crippen LogP contribution in [0.25, 0.3) is 0 Å². The molecule has 0 saturated carbocycles. The molecule has 0 aliphatic heterocycles. The molecule has 0 saturated heterocycles. The standard InChI is InChI=1S/C8H4F4N2O3/c9-5-1-4(3(2-13-5)6(15)16)14-7(17)8(10,11)12/h1-2H,(H,15,16)(H,13,14,17). The maximum atomic E-state index is 12.6. The van der Waals surface area contributed by atoms with E-state index in [2.05, 4.69) is 4.98 Å². The van der Waals surface area contributed by atoms with Crippen LogP contribution in [0.2, 0.25) is 0 Å². The lowest BCUT2D eigenvalue weighted by Crippen LogP contribution is -2.30. The number of anilines is 1. The number of carbonyl (C=O) groups is 2. The number of carboxylic acid groups (broad SMARTS) is 1. The quantitative estimate of drug-likeness (QED) is 0.616. The predicted octanol–water partition coefficient (Wildman–Crippen LogP) is 1.42. The first-order valence-corrected chi connectivity index (χ1v) is 3.99. The molecule has 17 heavy (non-hydrogen) atoms. The molecule has 0 spiro atoms. The van der Waals surface area contributed by atoms with Gasteiger partial charge >= 0.3 is 18.1 Å². The average Bonchev–Trinajstić information content (AvgIpc) is 2.15. The molecular weight excluding hydrogens is 248 g/mol. The SMILES string of the molecule is O=C(O)c1cnc(F)cc1NC(=O)C(F)(F)F. The molecule has 9 heteroatoms. The third kappa shape index (κ3) is 3.13. The van der Waals surface area contributed by atoms with Gasteiger partial charge in [-0.2, -0.15) is 17.6 Å². The summed E-state index contributed by atoms with van der Waals surface area (Å²) in [5.41, 5.74) is -1.56. The fraction of sp³-hybridized carbons (Fsp3) is 0.125. The molecule has 1 rings (SSSR count). The summed E-state index contributed by atoms with van der Waals surface area (Å²) in [4.78, 5) is 24.1. The van der Waals surface area contributed by atoms with E-state index in [1.54, 1.807) is 0 Å². The van der Waals surface area contributed by atoms with Crippen molar-refractivity contribution in [3.05, 3.63) is 23.8 Å². The highest BCUT2D eigenvalue weighted by Gasteiger charge is 2.39. The van der Waals surface area contributed by atoms with Gasteiger partial charge in [-0.05, 0) is 0 Å². The summed E-state index contributed by atoms with van der Waals surface area (Å²) in [7, 11) is 0. The zero-order valence-corrected chi connectivity index (χ0v) is 7.88. The summed E-state index contributed by atoms with van der Waals surface area (Å²) < 4.78 is 48.3. The van der Waals surface area contributed by atoms with E-state index < -0.39 is 35.3 Å². The van der Waals surface area contributed by atoms with Crippen molar-refractivity contribution < 1.29 is 32.3 Å². The Labute approximate surface area is 91.1 Å². The van der Waals surface area contributed by atoms with Crippen molar-refractivity contribution in [2.75, 3.05) is 5.32 Å². The molecule has 0 bridgehead atoms. The van der Waals surface area contributed by atoms with Gasteiger partial charge in [0.15, 0.2) is 0 Å². The molecule has 1 aromatic heterocycles. The Hall–Kier alpha value is -2.19. The predicted molar refractivity (Wildman–Crippen MR) is 45.8 cm³/mol. The van der Waals surface area contributed by atoms with Crippen molar-refractivity contribution in [2.45, 2.75) is 6.18 Å². The molecule has 0 radical (unpaired) electrons. The number of aromatic nitrogens is 1. The molecule has 0 unspecified atom stereocenters. The third-order valence-corrected chi connectivity index (χ3v) is 1.61. The molecule has 0 atom stereocenters. The van der Waals surface area contributed by atoms with E-state index in [1.807, 2.05) is 0 Å². The summed E-state index contributed by atoms with van der Waals surface area (Å²) in [6.07, 6.45) is -4.70. The van der Waals surface area contributed by atoms with Gasteiger partial charge in [-0.25, -0.2) is 9.78 Å². The van der Waals surface area contributed by atoms with Crippen LogP contribution in [0.3, 0.4) is 0 Å². The monoisotopic (exact) mass is 252 g/mol. The van der Waals surface area contributed by atoms with Crippen LogP contribution in [0.4, 0.5) is 23.2 Å². The first kappa shape index (κ1) is 12.9. The summed E-state index contributed by atoms with van der Waals surface area (Å²) in [6.45, 7) is 0. The van der Waals surface area contributed by atoms with Crippen LogP contribution in [0.15, 0.2) is 12.3 Å². The molecule has 0 aliphatic rings. The first-order chi connectivity index (χ1) is 7.71. The minimum atomic E-state index is -5.20. The Bertz CT molecular complexity index is 472.